The van der Waals surface area contributed by atoms with Crippen LogP contribution in [0.3, 0.4) is 0 Å². The molecule has 0 amide bonds. The van der Waals surface area contributed by atoms with Crippen LogP contribution in [0.25, 0.3) is 22.3 Å². The van der Waals surface area contributed by atoms with Crippen molar-refractivity contribution in [3.05, 3.63) is 40.8 Å². The lowest BCUT2D eigenvalue weighted by atomic mass is 9.61. The highest BCUT2D eigenvalue weighted by Crippen LogP contribution is 2.46. The molecule has 3 heterocycles. The SMILES string of the molecule is Cn1cc(-c2c[nH]c3ncc(F)cc23)nc(NC2C3CCC(CC3)C2C(=O)O)c1=O. The quantitative estimate of drug-likeness (QED) is 0.609. The van der Waals surface area contributed by atoms with Gasteiger partial charge in [-0.2, -0.15) is 0 Å². The van der Waals surface area contributed by atoms with E-state index in [9.17, 15) is 19.1 Å². The van der Waals surface area contributed by atoms with Gasteiger partial charge in [0.15, 0.2) is 5.82 Å². The predicted octanol–water partition coefficient (Wildman–Crippen LogP) is 2.76. The van der Waals surface area contributed by atoms with E-state index in [-0.39, 0.29) is 29.3 Å². The van der Waals surface area contributed by atoms with Gasteiger partial charge in [0.2, 0.25) is 0 Å². The number of aryl methyl sites for hydroxylation is 1. The molecular formula is C21H22FN5O3. The first-order chi connectivity index (χ1) is 14.4. The summed E-state index contributed by atoms with van der Waals surface area (Å²) in [5.41, 5.74) is 1.29. The third kappa shape index (κ3) is 2.96. The molecule has 3 fully saturated rings. The Morgan fingerprint density at radius 3 is 2.77 bits per heavy atom. The first kappa shape index (κ1) is 18.8. The molecule has 2 unspecified atom stereocenters. The van der Waals surface area contributed by atoms with Gasteiger partial charge in [-0.1, -0.05) is 0 Å². The molecule has 2 atom stereocenters. The van der Waals surface area contributed by atoms with Crippen molar-refractivity contribution in [3.8, 4) is 11.3 Å². The van der Waals surface area contributed by atoms with Gasteiger partial charge >= 0.3 is 5.97 Å². The van der Waals surface area contributed by atoms with Gasteiger partial charge in [0, 0.05) is 36.4 Å². The summed E-state index contributed by atoms with van der Waals surface area (Å²) in [5, 5.41) is 13.5. The molecule has 9 heteroatoms. The van der Waals surface area contributed by atoms with E-state index in [0.29, 0.717) is 22.3 Å². The number of pyridine rings is 1. The number of aromatic nitrogens is 4. The number of aliphatic carboxylic acids is 1. The molecule has 0 saturated heterocycles. The lowest BCUT2D eigenvalue weighted by Crippen LogP contribution is -2.52. The van der Waals surface area contributed by atoms with E-state index < -0.39 is 17.7 Å². The van der Waals surface area contributed by atoms with Crippen LogP contribution in [0.1, 0.15) is 25.7 Å². The van der Waals surface area contributed by atoms with E-state index in [1.54, 1.807) is 19.4 Å². The topological polar surface area (TPSA) is 113 Å². The molecule has 8 nitrogen and oxygen atoms in total. The number of nitrogens with zero attached hydrogens (tertiary/aromatic N) is 3. The van der Waals surface area contributed by atoms with Gasteiger partial charge in [0.05, 0.1) is 17.8 Å². The second-order valence-corrected chi connectivity index (χ2v) is 8.35. The molecule has 0 aromatic carbocycles. The number of carboxylic acids is 1. The van der Waals surface area contributed by atoms with Crippen LogP contribution in [0.15, 0.2) is 29.5 Å². The van der Waals surface area contributed by atoms with Crippen molar-refractivity contribution in [1.82, 2.24) is 19.5 Å². The zero-order valence-electron chi connectivity index (χ0n) is 16.4. The van der Waals surface area contributed by atoms with E-state index in [1.165, 1.54) is 10.6 Å². The van der Waals surface area contributed by atoms with Crippen molar-refractivity contribution in [2.75, 3.05) is 5.32 Å². The average molecular weight is 411 g/mol. The molecule has 0 spiro atoms. The van der Waals surface area contributed by atoms with Crippen LogP contribution in [-0.2, 0) is 11.8 Å². The lowest BCUT2D eigenvalue weighted by Gasteiger charge is -2.47. The number of nitrogens with one attached hydrogen (secondary N) is 2. The summed E-state index contributed by atoms with van der Waals surface area (Å²) in [5.74, 6) is -1.36. The lowest BCUT2D eigenvalue weighted by molar-refractivity contribution is -0.148. The highest BCUT2D eigenvalue weighted by molar-refractivity contribution is 5.92. The Labute approximate surface area is 171 Å². The number of halogens is 1. The van der Waals surface area contributed by atoms with E-state index in [1.807, 2.05) is 0 Å². The van der Waals surface area contributed by atoms with Gasteiger partial charge in [-0.25, -0.2) is 14.4 Å². The molecular weight excluding hydrogens is 389 g/mol. The maximum Gasteiger partial charge on any atom is 0.308 e. The first-order valence-electron chi connectivity index (χ1n) is 10.1. The smallest absolute Gasteiger partial charge is 0.308 e. The fourth-order valence-electron chi connectivity index (χ4n) is 5.19. The van der Waals surface area contributed by atoms with E-state index in [0.717, 1.165) is 31.9 Å². The maximum absolute atomic E-state index is 13.7. The maximum atomic E-state index is 13.7. The Bertz CT molecular complexity index is 1200. The first-order valence-corrected chi connectivity index (χ1v) is 10.1. The number of carboxylic acid groups (broad SMARTS) is 1. The second-order valence-electron chi connectivity index (χ2n) is 8.35. The summed E-state index contributed by atoms with van der Waals surface area (Å²) in [6.07, 6.45) is 8.14. The number of carbonyl (C=O) groups is 1. The van der Waals surface area contributed by atoms with Crippen molar-refractivity contribution in [2.45, 2.75) is 31.7 Å². The average Bonchev–Trinajstić information content (AvgIpc) is 3.14. The zero-order valence-corrected chi connectivity index (χ0v) is 16.4. The molecule has 3 aromatic rings. The Hall–Kier alpha value is -3.23. The molecule has 6 rings (SSSR count). The molecule has 2 bridgehead atoms. The van der Waals surface area contributed by atoms with Crippen LogP contribution in [0.5, 0.6) is 0 Å². The van der Waals surface area contributed by atoms with Gasteiger partial charge in [0.1, 0.15) is 11.5 Å². The highest BCUT2D eigenvalue weighted by Gasteiger charge is 2.47. The van der Waals surface area contributed by atoms with Crippen LogP contribution in [-0.4, -0.2) is 36.6 Å². The van der Waals surface area contributed by atoms with Crippen molar-refractivity contribution >= 4 is 22.8 Å². The third-order valence-electron chi connectivity index (χ3n) is 6.65. The fraction of sp³-hybridized carbons (Fsp3) is 0.429. The highest BCUT2D eigenvalue weighted by atomic mass is 19.1. The van der Waals surface area contributed by atoms with Gasteiger partial charge in [-0.3, -0.25) is 9.59 Å². The van der Waals surface area contributed by atoms with Crippen LogP contribution >= 0.6 is 0 Å². The van der Waals surface area contributed by atoms with Gasteiger partial charge in [0.25, 0.3) is 5.56 Å². The molecule has 30 heavy (non-hydrogen) atoms. The van der Waals surface area contributed by atoms with Gasteiger partial charge in [-0.05, 0) is 43.6 Å². The standard InChI is InChI=1S/C21H22FN5O3/c1-27-9-15(14-8-24-18-13(14)6-12(22)7-23-18)25-19(20(27)28)26-17-11-4-2-10(3-5-11)16(17)21(29)30/h6-11,16-17H,2-5H2,1H3,(H,23,24)(H,25,26)(H,29,30). The predicted molar refractivity (Wildman–Crippen MR) is 109 cm³/mol. The van der Waals surface area contributed by atoms with Gasteiger partial charge < -0.3 is 20.0 Å². The number of fused-ring (bicyclic) bond motifs is 4. The number of rotatable bonds is 4. The second kappa shape index (κ2) is 6.93. The van der Waals surface area contributed by atoms with Crippen LogP contribution in [0.4, 0.5) is 10.2 Å². The molecule has 156 valence electrons. The van der Waals surface area contributed by atoms with Crippen LogP contribution in [0.2, 0.25) is 0 Å². The van der Waals surface area contributed by atoms with E-state index >= 15 is 0 Å². The number of hydrogen-bond acceptors (Lipinski definition) is 5. The third-order valence-corrected chi connectivity index (χ3v) is 6.65. The molecule has 0 radical (unpaired) electrons. The molecule has 0 aliphatic heterocycles. The summed E-state index contributed by atoms with van der Waals surface area (Å²) in [7, 11) is 1.62. The molecule has 3 aromatic heterocycles. The largest absolute Gasteiger partial charge is 0.481 e. The summed E-state index contributed by atoms with van der Waals surface area (Å²) in [6.45, 7) is 0. The van der Waals surface area contributed by atoms with E-state index in [4.69, 9.17) is 0 Å². The fourth-order valence-corrected chi connectivity index (χ4v) is 5.19. The summed E-state index contributed by atoms with van der Waals surface area (Å²) in [4.78, 5) is 36.3. The number of H-pyrrole nitrogens is 1. The Morgan fingerprint density at radius 2 is 2.03 bits per heavy atom. The van der Waals surface area contributed by atoms with E-state index in [2.05, 4.69) is 20.3 Å². The minimum atomic E-state index is -0.826. The Kier molecular flexibility index (Phi) is 4.34. The van der Waals surface area contributed by atoms with Crippen molar-refractivity contribution in [1.29, 1.82) is 0 Å². The monoisotopic (exact) mass is 411 g/mol. The summed E-state index contributed by atoms with van der Waals surface area (Å²) < 4.78 is 15.1. The zero-order chi connectivity index (χ0) is 21.0. The number of aromatic amines is 1. The number of hydrogen-bond donors (Lipinski definition) is 3. The summed E-state index contributed by atoms with van der Waals surface area (Å²) in [6, 6.07) is 1.04. The van der Waals surface area contributed by atoms with Crippen molar-refractivity contribution < 1.29 is 14.3 Å². The van der Waals surface area contributed by atoms with Crippen LogP contribution in [0, 0.1) is 23.6 Å². The Morgan fingerprint density at radius 1 is 1.30 bits per heavy atom. The minimum absolute atomic E-state index is 0.123. The van der Waals surface area contributed by atoms with Crippen molar-refractivity contribution in [3.63, 3.8) is 0 Å². The molecule has 3 aliphatic carbocycles. The molecule has 3 N–H and O–H groups in total. The Balaban J connectivity index is 1.56. The normalized spacial score (nSPS) is 25.5. The molecule has 3 aliphatic rings. The summed E-state index contributed by atoms with van der Waals surface area (Å²) >= 11 is 0. The van der Waals surface area contributed by atoms with Crippen LogP contribution < -0.4 is 10.9 Å². The molecule has 3 saturated carbocycles. The van der Waals surface area contributed by atoms with Gasteiger partial charge in [-0.15, -0.1) is 0 Å². The minimum Gasteiger partial charge on any atom is -0.481 e. The van der Waals surface area contributed by atoms with Crippen molar-refractivity contribution in [2.24, 2.45) is 24.8 Å². The number of anilines is 1.